The Labute approximate surface area is 203 Å². The van der Waals surface area contributed by atoms with Gasteiger partial charge < -0.3 is 15.5 Å². The second-order valence-corrected chi connectivity index (χ2v) is 11.3. The minimum atomic E-state index is -3.36. The summed E-state index contributed by atoms with van der Waals surface area (Å²) in [4.78, 5) is 9.09. The van der Waals surface area contributed by atoms with Crippen LogP contribution in [0.15, 0.2) is 64.0 Å². The van der Waals surface area contributed by atoms with Gasteiger partial charge in [-0.3, -0.25) is 0 Å². The third-order valence-electron chi connectivity index (χ3n) is 6.12. The average Bonchev–Trinajstić information content (AvgIpc) is 3.57. The van der Waals surface area contributed by atoms with Crippen molar-refractivity contribution in [3.05, 3.63) is 60.3 Å². The van der Waals surface area contributed by atoms with Crippen LogP contribution in [0, 0.1) is 0 Å². The average molecular weight is 491 g/mol. The maximum atomic E-state index is 12.4. The topological polar surface area (TPSA) is 137 Å². The first-order valence-electron chi connectivity index (χ1n) is 11.5. The van der Waals surface area contributed by atoms with Crippen molar-refractivity contribution in [2.75, 3.05) is 12.3 Å². The van der Waals surface area contributed by atoms with E-state index in [0.29, 0.717) is 23.2 Å². The molecule has 1 unspecified atom stereocenters. The van der Waals surface area contributed by atoms with Crippen LogP contribution < -0.4 is 11.1 Å². The molecule has 10 heteroatoms. The van der Waals surface area contributed by atoms with Gasteiger partial charge in [0.05, 0.1) is 22.0 Å². The van der Waals surface area contributed by atoms with E-state index in [-0.39, 0.29) is 22.3 Å². The van der Waals surface area contributed by atoms with Gasteiger partial charge >= 0.3 is 0 Å². The van der Waals surface area contributed by atoms with Crippen molar-refractivity contribution in [2.24, 2.45) is 0 Å². The van der Waals surface area contributed by atoms with Crippen LogP contribution in [0.4, 0.5) is 5.82 Å². The molecule has 1 aliphatic heterocycles. The van der Waals surface area contributed by atoms with Crippen LogP contribution in [-0.2, 0) is 9.84 Å². The highest BCUT2D eigenvalue weighted by atomic mass is 32.2. The maximum absolute atomic E-state index is 12.4. The fourth-order valence-electron chi connectivity index (χ4n) is 4.08. The molecule has 1 fully saturated rings. The molecular formula is C25H26N6O3S. The fraction of sp³-hybridized carbons (Fsp3) is 0.280. The molecule has 1 aliphatic rings. The molecule has 2 aromatic carbocycles. The molecule has 3 N–H and O–H groups in total. The normalized spacial score (nSPS) is 16.1. The molecule has 0 amide bonds. The summed E-state index contributed by atoms with van der Waals surface area (Å²) in [5.74, 6) is 0.691. The van der Waals surface area contributed by atoms with Crippen LogP contribution in [0.2, 0.25) is 0 Å². The molecule has 4 aromatic rings. The number of benzene rings is 2. The molecule has 5 rings (SSSR count). The van der Waals surface area contributed by atoms with Crippen LogP contribution in [0.1, 0.15) is 38.3 Å². The zero-order valence-corrected chi connectivity index (χ0v) is 20.3. The summed E-state index contributed by atoms with van der Waals surface area (Å²) < 4.78 is 30.7. The lowest BCUT2D eigenvalue weighted by Crippen LogP contribution is -2.13. The number of nitrogens with zero attached hydrogens (tertiary/aromatic N) is 4. The molecule has 0 saturated carbocycles. The standard InChI is InChI=1S/C25H26N6O3S/c1-15(2)35(32,33)19-10-8-16(9-11-19)21-14-28-23(26)22(29-21)25-31-30-24(34-25)18-6-3-5-17(13-18)20-7-4-12-27-20/h3,5-6,8-11,13-15,20,27H,4,7,12H2,1-2H3,(H2,26,28). The second kappa shape index (κ2) is 9.20. The lowest BCUT2D eigenvalue weighted by atomic mass is 10.0. The first kappa shape index (κ1) is 23.1. The summed E-state index contributed by atoms with van der Waals surface area (Å²) in [5.41, 5.74) is 9.56. The SMILES string of the molecule is CC(C)S(=O)(=O)c1ccc(-c2cnc(N)c(-c3nnc(-c4cccc(C5CCCN5)c4)o3)n2)cc1. The van der Waals surface area contributed by atoms with E-state index < -0.39 is 15.1 Å². The molecule has 180 valence electrons. The summed E-state index contributed by atoms with van der Waals surface area (Å²) in [6.45, 7) is 4.33. The first-order chi connectivity index (χ1) is 16.8. The van der Waals surface area contributed by atoms with Gasteiger partial charge in [-0.15, -0.1) is 10.2 Å². The maximum Gasteiger partial charge on any atom is 0.270 e. The van der Waals surface area contributed by atoms with Crippen molar-refractivity contribution in [1.82, 2.24) is 25.5 Å². The fourth-order valence-corrected chi connectivity index (χ4v) is 5.14. The van der Waals surface area contributed by atoms with Crippen LogP contribution in [0.25, 0.3) is 34.3 Å². The number of nitrogens with one attached hydrogen (secondary N) is 1. The summed E-state index contributed by atoms with van der Waals surface area (Å²) >= 11 is 0. The Morgan fingerprint density at radius 3 is 2.54 bits per heavy atom. The number of hydrogen-bond donors (Lipinski definition) is 2. The minimum Gasteiger partial charge on any atom is -0.414 e. The third-order valence-corrected chi connectivity index (χ3v) is 8.29. The number of anilines is 1. The van der Waals surface area contributed by atoms with E-state index in [2.05, 4.69) is 37.6 Å². The Morgan fingerprint density at radius 2 is 1.83 bits per heavy atom. The van der Waals surface area contributed by atoms with E-state index in [1.54, 1.807) is 38.1 Å². The summed E-state index contributed by atoms with van der Waals surface area (Å²) in [7, 11) is -3.36. The van der Waals surface area contributed by atoms with Crippen molar-refractivity contribution in [1.29, 1.82) is 0 Å². The van der Waals surface area contributed by atoms with E-state index in [9.17, 15) is 8.42 Å². The molecule has 1 saturated heterocycles. The van der Waals surface area contributed by atoms with E-state index >= 15 is 0 Å². The van der Waals surface area contributed by atoms with E-state index in [0.717, 1.165) is 24.9 Å². The number of aromatic nitrogens is 4. The smallest absolute Gasteiger partial charge is 0.270 e. The molecule has 0 spiro atoms. The Bertz CT molecular complexity index is 1460. The van der Waals surface area contributed by atoms with E-state index in [1.165, 1.54) is 11.8 Å². The number of rotatable bonds is 6. The molecule has 9 nitrogen and oxygen atoms in total. The number of nitrogen functional groups attached to an aromatic ring is 1. The summed E-state index contributed by atoms with van der Waals surface area (Å²) in [6, 6.07) is 14.9. The summed E-state index contributed by atoms with van der Waals surface area (Å²) in [5, 5.41) is 11.4. The van der Waals surface area contributed by atoms with Crippen LogP contribution >= 0.6 is 0 Å². The molecule has 3 heterocycles. The van der Waals surface area contributed by atoms with Crippen LogP contribution in [0.5, 0.6) is 0 Å². The van der Waals surface area contributed by atoms with Gasteiger partial charge in [-0.1, -0.05) is 24.3 Å². The van der Waals surface area contributed by atoms with Gasteiger partial charge in [0, 0.05) is 17.2 Å². The Balaban J connectivity index is 1.44. The largest absolute Gasteiger partial charge is 0.414 e. The quantitative estimate of drug-likeness (QED) is 0.410. The van der Waals surface area contributed by atoms with E-state index in [4.69, 9.17) is 10.2 Å². The van der Waals surface area contributed by atoms with Crippen LogP contribution in [-0.4, -0.2) is 40.4 Å². The lowest BCUT2D eigenvalue weighted by molar-refractivity contribution is 0.581. The highest BCUT2D eigenvalue weighted by Gasteiger charge is 2.21. The van der Waals surface area contributed by atoms with Gasteiger partial charge in [-0.2, -0.15) is 0 Å². The van der Waals surface area contributed by atoms with Crippen molar-refractivity contribution in [3.8, 4) is 34.3 Å². The second-order valence-electron chi connectivity index (χ2n) is 8.79. The predicted octanol–water partition coefficient (Wildman–Crippen LogP) is 4.05. The molecule has 1 atom stereocenters. The Kier molecular flexibility index (Phi) is 6.08. The minimum absolute atomic E-state index is 0.159. The lowest BCUT2D eigenvalue weighted by Gasteiger charge is -2.10. The zero-order chi connectivity index (χ0) is 24.6. The van der Waals surface area contributed by atoms with Gasteiger partial charge in [-0.05, 0) is 63.1 Å². The van der Waals surface area contributed by atoms with Crippen molar-refractivity contribution in [2.45, 2.75) is 42.9 Å². The van der Waals surface area contributed by atoms with Gasteiger partial charge in [-0.25, -0.2) is 18.4 Å². The van der Waals surface area contributed by atoms with Crippen molar-refractivity contribution in [3.63, 3.8) is 0 Å². The number of hydrogen-bond acceptors (Lipinski definition) is 9. The van der Waals surface area contributed by atoms with Gasteiger partial charge in [0.1, 0.15) is 0 Å². The molecule has 0 radical (unpaired) electrons. The van der Waals surface area contributed by atoms with Crippen LogP contribution in [0.3, 0.4) is 0 Å². The van der Waals surface area contributed by atoms with E-state index in [1.807, 2.05) is 12.1 Å². The van der Waals surface area contributed by atoms with Crippen molar-refractivity contribution >= 4 is 15.7 Å². The molecule has 0 bridgehead atoms. The number of sulfone groups is 1. The summed E-state index contributed by atoms with van der Waals surface area (Å²) in [6.07, 6.45) is 3.78. The Morgan fingerprint density at radius 1 is 1.06 bits per heavy atom. The molecule has 35 heavy (non-hydrogen) atoms. The molecule has 0 aliphatic carbocycles. The highest BCUT2D eigenvalue weighted by molar-refractivity contribution is 7.92. The molecule has 2 aromatic heterocycles. The van der Waals surface area contributed by atoms with Gasteiger partial charge in [0.15, 0.2) is 21.3 Å². The van der Waals surface area contributed by atoms with Crippen molar-refractivity contribution < 1.29 is 12.8 Å². The Hall–Kier alpha value is -3.63. The highest BCUT2D eigenvalue weighted by Crippen LogP contribution is 2.30. The van der Waals surface area contributed by atoms with Gasteiger partial charge in [0.2, 0.25) is 5.89 Å². The first-order valence-corrected chi connectivity index (χ1v) is 13.0. The number of nitrogens with two attached hydrogens (primary N) is 1. The monoisotopic (exact) mass is 490 g/mol. The third kappa shape index (κ3) is 4.54. The zero-order valence-electron chi connectivity index (χ0n) is 19.5. The van der Waals surface area contributed by atoms with Gasteiger partial charge in [0.25, 0.3) is 5.89 Å². The predicted molar refractivity (Wildman–Crippen MR) is 133 cm³/mol. The molecular weight excluding hydrogens is 464 g/mol.